The van der Waals surface area contributed by atoms with Crippen molar-refractivity contribution >= 4 is 70.7 Å². The summed E-state index contributed by atoms with van der Waals surface area (Å²) in [5.74, 6) is -0.860. The van der Waals surface area contributed by atoms with Gasteiger partial charge in [0.15, 0.2) is 0 Å². The summed E-state index contributed by atoms with van der Waals surface area (Å²) >= 11 is 2.93. The zero-order valence-corrected chi connectivity index (χ0v) is 50.7. The fourth-order valence-corrected chi connectivity index (χ4v) is 10.9. The highest BCUT2D eigenvalue weighted by molar-refractivity contribution is 8.00. The van der Waals surface area contributed by atoms with E-state index in [2.05, 4.69) is 5.32 Å². The van der Waals surface area contributed by atoms with Gasteiger partial charge >= 0.3 is 5.97 Å². The lowest BCUT2D eigenvalue weighted by molar-refractivity contribution is -0.140. The Hall–Kier alpha value is -3.34. The second-order valence-electron chi connectivity index (χ2n) is 19.8. The van der Waals surface area contributed by atoms with Gasteiger partial charge in [0.2, 0.25) is 35.4 Å². The monoisotopic (exact) mass is 1190 g/mol. The maximum atomic E-state index is 13.2. The summed E-state index contributed by atoms with van der Waals surface area (Å²) in [7, 11) is 6.42. The third kappa shape index (κ3) is 36.2. The number of thioether (sulfide) groups is 2. The van der Waals surface area contributed by atoms with Crippen LogP contribution in [0.4, 0.5) is 0 Å². The zero-order valence-electron chi connectivity index (χ0n) is 49.0. The Kier molecular flexibility index (Phi) is 44.6. The molecular weight excluding hydrogens is 1100 g/mol. The first kappa shape index (κ1) is 73.8. The Bertz CT molecular complexity index is 1650. The number of ketones is 1. The number of Topliss-reactive ketones (excluding diaryl/α,β-unsaturated/α-hetero) is 1. The minimum absolute atomic E-state index is 0.00158. The number of carboxylic acids is 1. The Morgan fingerprint density at radius 1 is 0.519 bits per heavy atom. The lowest BCUT2D eigenvalue weighted by Gasteiger charge is -2.23. The Morgan fingerprint density at radius 2 is 0.975 bits per heavy atom. The molecule has 81 heavy (non-hydrogen) atoms. The van der Waals surface area contributed by atoms with E-state index in [1.54, 1.807) is 28.4 Å². The molecule has 2 N–H and O–H groups in total. The largest absolute Gasteiger partial charge is 0.481 e. The van der Waals surface area contributed by atoms with E-state index < -0.39 is 16.5 Å². The van der Waals surface area contributed by atoms with E-state index in [-0.39, 0.29) is 111 Å². The Labute approximate surface area is 489 Å². The second kappa shape index (κ2) is 49.0. The van der Waals surface area contributed by atoms with Crippen LogP contribution in [-0.4, -0.2) is 255 Å². The Morgan fingerprint density at radius 3 is 1.47 bits per heavy atom. The molecule has 4 unspecified atom stereocenters. The summed E-state index contributed by atoms with van der Waals surface area (Å²) in [4.78, 5) is 105. The standard InChI is InChI=1S/C56H98N4O19S2/c1-70-29-33-76-43-46(78-35-31-72-3)41-74-27-12-9-17-45(61)20-25-59-52(64)39-48(55(59)68)80-37-13-7-5-10-23-58(51(63)18-15-19-54(66)67)24-11-6-8-14-38-81-49-40-53(65)60(56(49)69)26-21-50(62)57-22-16-28-75-42-47(79-36-32-73-4)44-77-34-30-71-2/h46-49H,5-44H2,1-4H3,(H,57,62)(H,66,67). The number of imide groups is 2. The summed E-state index contributed by atoms with van der Waals surface area (Å²) < 4.78 is 54.3. The lowest BCUT2D eigenvalue weighted by Crippen LogP contribution is -2.36. The van der Waals surface area contributed by atoms with Crippen molar-refractivity contribution in [1.29, 1.82) is 0 Å². The van der Waals surface area contributed by atoms with Crippen LogP contribution in [0.25, 0.3) is 0 Å². The second-order valence-corrected chi connectivity index (χ2v) is 22.4. The van der Waals surface area contributed by atoms with Gasteiger partial charge in [0.25, 0.3) is 0 Å². The third-order valence-electron chi connectivity index (χ3n) is 13.1. The molecule has 23 nitrogen and oxygen atoms in total. The van der Waals surface area contributed by atoms with Crippen molar-refractivity contribution < 1.29 is 90.8 Å². The first-order valence-corrected chi connectivity index (χ1v) is 31.1. The number of ether oxygens (including phenoxy) is 10. The third-order valence-corrected chi connectivity index (χ3v) is 15.7. The molecule has 468 valence electrons. The molecule has 2 saturated heterocycles. The number of amides is 6. The van der Waals surface area contributed by atoms with Crippen LogP contribution in [-0.2, 0) is 85.7 Å². The van der Waals surface area contributed by atoms with Gasteiger partial charge < -0.3 is 62.7 Å². The minimum Gasteiger partial charge on any atom is -0.481 e. The van der Waals surface area contributed by atoms with Gasteiger partial charge in [-0.25, -0.2) is 0 Å². The number of carboxylic acid groups (broad SMARTS) is 1. The average Bonchev–Trinajstić information content (AvgIpc) is 3.98. The molecule has 6 amide bonds. The molecule has 0 radical (unpaired) electrons. The number of likely N-dealkylation sites (tertiary alicyclic amines) is 2. The van der Waals surface area contributed by atoms with Gasteiger partial charge in [-0.05, 0) is 62.9 Å². The molecule has 2 heterocycles. The van der Waals surface area contributed by atoms with Crippen LogP contribution < -0.4 is 5.32 Å². The van der Waals surface area contributed by atoms with Gasteiger partial charge in [-0.15, -0.1) is 23.5 Å². The predicted molar refractivity (Wildman–Crippen MR) is 306 cm³/mol. The highest BCUT2D eigenvalue weighted by Gasteiger charge is 2.39. The smallest absolute Gasteiger partial charge is 0.303 e. The molecule has 25 heteroatoms. The number of hydrogen-bond acceptors (Lipinski definition) is 20. The number of nitrogens with zero attached hydrogens (tertiary/aromatic N) is 3. The van der Waals surface area contributed by atoms with Crippen LogP contribution >= 0.6 is 23.5 Å². The molecule has 4 atom stereocenters. The van der Waals surface area contributed by atoms with Crippen molar-refractivity contribution in [3.63, 3.8) is 0 Å². The van der Waals surface area contributed by atoms with Gasteiger partial charge in [-0.3, -0.25) is 48.2 Å². The fourth-order valence-electron chi connectivity index (χ4n) is 8.53. The molecule has 0 aromatic rings. The summed E-state index contributed by atoms with van der Waals surface area (Å²) in [6.45, 7) is 7.54. The van der Waals surface area contributed by atoms with Crippen LogP contribution in [0.1, 0.15) is 122 Å². The van der Waals surface area contributed by atoms with Crippen LogP contribution in [0.2, 0.25) is 0 Å². The summed E-state index contributed by atoms with van der Waals surface area (Å²) in [5, 5.41) is 11.0. The van der Waals surface area contributed by atoms with Gasteiger partial charge in [-0.2, -0.15) is 0 Å². The number of nitrogens with one attached hydrogen (secondary N) is 1. The zero-order chi connectivity index (χ0) is 59.1. The van der Waals surface area contributed by atoms with Crippen molar-refractivity contribution in [3.05, 3.63) is 0 Å². The topological polar surface area (TPSA) is 271 Å². The first-order valence-electron chi connectivity index (χ1n) is 29.0. The van der Waals surface area contributed by atoms with Crippen molar-refractivity contribution in [2.45, 2.75) is 145 Å². The molecule has 2 aliphatic rings. The maximum Gasteiger partial charge on any atom is 0.303 e. The molecule has 2 aliphatic heterocycles. The van der Waals surface area contributed by atoms with E-state index in [4.69, 9.17) is 52.5 Å². The number of rotatable bonds is 57. The van der Waals surface area contributed by atoms with Crippen LogP contribution in [0.5, 0.6) is 0 Å². The molecule has 0 aromatic heterocycles. The molecule has 0 bridgehead atoms. The highest BCUT2D eigenvalue weighted by Crippen LogP contribution is 2.28. The van der Waals surface area contributed by atoms with E-state index in [9.17, 15) is 38.4 Å². The Balaban J connectivity index is 1.60. The summed E-state index contributed by atoms with van der Waals surface area (Å²) in [5.41, 5.74) is 0. The van der Waals surface area contributed by atoms with Crippen molar-refractivity contribution in [1.82, 2.24) is 20.0 Å². The lowest BCUT2D eigenvalue weighted by atomic mass is 10.1. The molecule has 2 rings (SSSR count). The normalized spacial score (nSPS) is 16.2. The number of carbonyl (C=O) groups excluding carboxylic acids is 7. The average molecular weight is 1200 g/mol. The summed E-state index contributed by atoms with van der Waals surface area (Å²) in [6, 6.07) is 0. The van der Waals surface area contributed by atoms with Gasteiger partial charge in [0.05, 0.1) is 89.8 Å². The van der Waals surface area contributed by atoms with Gasteiger partial charge in [0.1, 0.15) is 18.0 Å². The maximum absolute atomic E-state index is 13.2. The molecule has 0 saturated carbocycles. The SMILES string of the molecule is COCCOCC(COCCCCC(=O)CCN1C(=O)CC(SCCCCCCN(CCCCCCSC2CC(=O)N(CCC(=O)NCCCOCC(COCCOC)OCCOC)C2=O)C(=O)CCCC(=O)O)C1=O)OCCOC. The van der Waals surface area contributed by atoms with Crippen LogP contribution in [0.3, 0.4) is 0 Å². The van der Waals surface area contributed by atoms with E-state index in [1.165, 1.54) is 33.3 Å². The predicted octanol–water partition coefficient (Wildman–Crippen LogP) is 4.36. The van der Waals surface area contributed by atoms with Crippen LogP contribution in [0, 0.1) is 0 Å². The molecule has 0 aromatic carbocycles. The number of aliphatic carboxylic acids is 1. The molecule has 0 spiro atoms. The highest BCUT2D eigenvalue weighted by atomic mass is 32.2. The number of carbonyl (C=O) groups is 8. The molecular formula is C56H98N4O19S2. The quantitative estimate of drug-likeness (QED) is 0.0632. The van der Waals surface area contributed by atoms with Crippen molar-refractivity contribution in [2.24, 2.45) is 0 Å². The van der Waals surface area contributed by atoms with E-state index in [0.717, 1.165) is 51.4 Å². The van der Waals surface area contributed by atoms with E-state index in [1.807, 2.05) is 4.90 Å². The van der Waals surface area contributed by atoms with Crippen LogP contribution in [0.15, 0.2) is 0 Å². The number of methoxy groups -OCH3 is 4. The first-order chi connectivity index (χ1) is 39.3. The summed E-state index contributed by atoms with van der Waals surface area (Å²) in [6.07, 6.45) is 9.23. The van der Waals surface area contributed by atoms with Crippen molar-refractivity contribution in [3.8, 4) is 0 Å². The number of unbranched alkanes of at least 4 members (excludes halogenated alkanes) is 7. The number of hydrogen-bond donors (Lipinski definition) is 2. The minimum atomic E-state index is -0.936. The van der Waals surface area contributed by atoms with E-state index in [0.29, 0.717) is 149 Å². The van der Waals surface area contributed by atoms with E-state index >= 15 is 0 Å². The molecule has 0 aliphatic carbocycles. The fraction of sp³-hybridized carbons (Fsp3) is 0.857. The van der Waals surface area contributed by atoms with Gasteiger partial charge in [-0.1, -0.05) is 25.7 Å². The van der Waals surface area contributed by atoms with Gasteiger partial charge in [0, 0.05) is 119 Å². The van der Waals surface area contributed by atoms with Crippen molar-refractivity contribution in [2.75, 3.05) is 165 Å². The molecule has 2 fully saturated rings.